The van der Waals surface area contributed by atoms with Gasteiger partial charge in [-0.1, -0.05) is 66.7 Å². The van der Waals surface area contributed by atoms with Gasteiger partial charge in [-0.2, -0.15) is 8.42 Å². The summed E-state index contributed by atoms with van der Waals surface area (Å²) in [6, 6.07) is 39.7. The molecular weight excluding hydrogens is 965 g/mol. The number of amides is 4. The summed E-state index contributed by atoms with van der Waals surface area (Å²) in [5.74, 6) is 0.239. The Morgan fingerprint density at radius 1 is 0.616 bits per heavy atom. The number of anilines is 2. The lowest BCUT2D eigenvalue weighted by atomic mass is 10.1. The lowest BCUT2D eigenvalue weighted by Gasteiger charge is -2.35. The topological polar surface area (TPSA) is 260 Å². The summed E-state index contributed by atoms with van der Waals surface area (Å²) in [5, 5.41) is 20.9. The highest BCUT2D eigenvalue weighted by molar-refractivity contribution is 7.86. The van der Waals surface area contributed by atoms with E-state index in [9.17, 15) is 32.4 Å². The van der Waals surface area contributed by atoms with Crippen molar-refractivity contribution in [3.8, 4) is 11.5 Å². The second-order valence-corrected chi connectivity index (χ2v) is 18.4. The van der Waals surface area contributed by atoms with Crippen molar-refractivity contribution in [3.05, 3.63) is 156 Å². The molecule has 2 unspecified atom stereocenters. The molecule has 0 aromatic heterocycles. The minimum absolute atomic E-state index is 0.113. The molecule has 21 nitrogen and oxygen atoms in total. The minimum atomic E-state index is -3.63. The molecule has 382 valence electrons. The third kappa shape index (κ3) is 16.4. The van der Waals surface area contributed by atoms with Crippen LogP contribution in [0.4, 0.5) is 30.6 Å². The highest BCUT2D eigenvalue weighted by Gasteiger charge is 2.35. The molecule has 3 heterocycles. The first kappa shape index (κ1) is 52.6. The summed E-state index contributed by atoms with van der Waals surface area (Å²) < 4.78 is 53.1. The van der Waals surface area contributed by atoms with Gasteiger partial charge in [0.2, 0.25) is 0 Å². The van der Waals surface area contributed by atoms with Gasteiger partial charge in [-0.25, -0.2) is 19.2 Å². The zero-order valence-corrected chi connectivity index (χ0v) is 40.5. The van der Waals surface area contributed by atoms with Crippen LogP contribution >= 0.6 is 0 Å². The zero-order chi connectivity index (χ0) is 51.7. The Morgan fingerprint density at radius 2 is 1.05 bits per heavy atom. The Morgan fingerprint density at radius 3 is 1.53 bits per heavy atom. The van der Waals surface area contributed by atoms with Crippen molar-refractivity contribution in [2.24, 2.45) is 0 Å². The quantitative estimate of drug-likeness (QED) is 0.0291. The van der Waals surface area contributed by atoms with E-state index in [1.54, 1.807) is 108 Å². The first-order chi connectivity index (χ1) is 35.1. The predicted molar refractivity (Wildman–Crippen MR) is 268 cm³/mol. The molecule has 2 atom stereocenters. The van der Waals surface area contributed by atoms with Crippen molar-refractivity contribution in [2.75, 3.05) is 75.0 Å². The molecule has 0 radical (unpaired) electrons. The molecule has 3 aliphatic heterocycles. The average Bonchev–Trinajstić information content (AvgIpc) is 3.96. The zero-order valence-electron chi connectivity index (χ0n) is 39.7. The molecule has 5 aromatic rings. The number of ether oxygens (including phenoxy) is 5. The minimum Gasteiger partial charge on any atom is -0.461 e. The van der Waals surface area contributed by atoms with Crippen LogP contribution in [0, 0.1) is 10.8 Å². The van der Waals surface area contributed by atoms with E-state index in [0.29, 0.717) is 66.7 Å². The average molecular weight is 1020 g/mol. The highest BCUT2D eigenvalue weighted by atomic mass is 32.2. The first-order valence-corrected chi connectivity index (χ1v) is 24.9. The van der Waals surface area contributed by atoms with E-state index in [1.165, 1.54) is 4.90 Å². The number of carbonyl (C=O) groups excluding carboxylic acids is 5. The SMILES string of the molecule is CS(=O)(=O)OCC1CN(c2ccc(C(=N)NC(=O)Oc3ccccc3)cc2)C(=O)O1.N=C(NC(=O)Oc1ccccc1)c1ccc(N2CC(CN3CCN(CCC(=O)OCc4ccccc4)CC3)OC2=O)cc1. The molecule has 0 bridgehead atoms. The van der Waals surface area contributed by atoms with Gasteiger partial charge >= 0.3 is 30.3 Å². The van der Waals surface area contributed by atoms with Gasteiger partial charge in [0.1, 0.15) is 48.6 Å². The van der Waals surface area contributed by atoms with E-state index >= 15 is 0 Å². The van der Waals surface area contributed by atoms with Crippen LogP contribution in [-0.2, 0) is 39.9 Å². The van der Waals surface area contributed by atoms with Crippen LogP contribution in [0.15, 0.2) is 140 Å². The summed E-state index contributed by atoms with van der Waals surface area (Å²) in [5.41, 5.74) is 2.99. The van der Waals surface area contributed by atoms with E-state index in [1.807, 2.05) is 36.4 Å². The third-order valence-corrected chi connectivity index (χ3v) is 11.9. The molecule has 8 rings (SSSR count). The molecule has 0 aliphatic carbocycles. The lowest BCUT2D eigenvalue weighted by molar-refractivity contribution is -0.145. The number of esters is 1. The molecule has 3 aliphatic rings. The molecule has 73 heavy (non-hydrogen) atoms. The number of cyclic esters (lactones) is 2. The lowest BCUT2D eigenvalue weighted by Crippen LogP contribution is -2.49. The molecule has 22 heteroatoms. The van der Waals surface area contributed by atoms with Crippen molar-refractivity contribution in [2.45, 2.75) is 25.2 Å². The van der Waals surface area contributed by atoms with E-state index in [4.69, 9.17) is 34.5 Å². The van der Waals surface area contributed by atoms with E-state index < -0.39 is 40.6 Å². The maximum absolute atomic E-state index is 12.6. The van der Waals surface area contributed by atoms with Crippen molar-refractivity contribution >= 4 is 63.5 Å². The normalized spacial score (nSPS) is 16.8. The summed E-state index contributed by atoms with van der Waals surface area (Å²) >= 11 is 0. The van der Waals surface area contributed by atoms with Gasteiger partial charge in [0, 0.05) is 61.8 Å². The van der Waals surface area contributed by atoms with Crippen LogP contribution in [0.2, 0.25) is 0 Å². The second kappa shape index (κ2) is 25.3. The number of piperazine rings is 1. The summed E-state index contributed by atoms with van der Waals surface area (Å²) in [4.78, 5) is 68.2. The Bertz CT molecular complexity index is 2820. The van der Waals surface area contributed by atoms with E-state index in [-0.39, 0.29) is 36.9 Å². The van der Waals surface area contributed by atoms with Gasteiger partial charge in [0.25, 0.3) is 10.1 Å². The number of hydrogen-bond donors (Lipinski definition) is 4. The van der Waals surface area contributed by atoms with Crippen molar-refractivity contribution < 1.29 is 60.3 Å². The molecule has 3 saturated heterocycles. The number of benzene rings is 5. The molecule has 0 saturated carbocycles. The van der Waals surface area contributed by atoms with Crippen molar-refractivity contribution in [1.29, 1.82) is 10.8 Å². The Kier molecular flexibility index (Phi) is 18.2. The number of hydrogen-bond acceptors (Lipinski definition) is 17. The van der Waals surface area contributed by atoms with Crippen LogP contribution < -0.4 is 29.9 Å². The number of nitrogens with one attached hydrogen (secondary N) is 4. The number of nitrogens with zero attached hydrogens (tertiary/aromatic N) is 4. The van der Waals surface area contributed by atoms with Crippen molar-refractivity contribution in [1.82, 2.24) is 20.4 Å². The van der Waals surface area contributed by atoms with Gasteiger partial charge in [0.15, 0.2) is 0 Å². The summed E-state index contributed by atoms with van der Waals surface area (Å²) in [7, 11) is -3.63. The third-order valence-electron chi connectivity index (χ3n) is 11.3. The van der Waals surface area contributed by atoms with Crippen LogP contribution in [0.25, 0.3) is 0 Å². The molecule has 0 spiro atoms. The van der Waals surface area contributed by atoms with E-state index in [2.05, 4.69) is 24.6 Å². The molecule has 4 amide bonds. The van der Waals surface area contributed by atoms with Crippen LogP contribution in [-0.4, -0.2) is 138 Å². The number of carbonyl (C=O) groups is 5. The number of rotatable bonds is 16. The fraction of sp³-hybridized carbons (Fsp3) is 0.275. The maximum atomic E-state index is 12.6. The molecule has 5 aromatic carbocycles. The first-order valence-electron chi connectivity index (χ1n) is 23.0. The van der Waals surface area contributed by atoms with Gasteiger partial charge in [0.05, 0.1) is 25.8 Å². The number of amidine groups is 2. The van der Waals surface area contributed by atoms with Crippen LogP contribution in [0.5, 0.6) is 11.5 Å². The Labute approximate surface area is 421 Å². The molecule has 4 N–H and O–H groups in total. The Balaban J connectivity index is 0.000000228. The fourth-order valence-electron chi connectivity index (χ4n) is 7.60. The predicted octanol–water partition coefficient (Wildman–Crippen LogP) is 5.98. The van der Waals surface area contributed by atoms with Crippen LogP contribution in [0.3, 0.4) is 0 Å². The largest absolute Gasteiger partial charge is 0.461 e. The van der Waals surface area contributed by atoms with Gasteiger partial charge in [-0.15, -0.1) is 0 Å². The monoisotopic (exact) mass is 1020 g/mol. The Hall–Kier alpha value is -8.18. The van der Waals surface area contributed by atoms with Gasteiger partial charge in [-0.05, 0) is 78.4 Å². The van der Waals surface area contributed by atoms with E-state index in [0.717, 1.165) is 38.0 Å². The highest BCUT2D eigenvalue weighted by Crippen LogP contribution is 2.25. The van der Waals surface area contributed by atoms with Crippen molar-refractivity contribution in [3.63, 3.8) is 0 Å². The summed E-state index contributed by atoms with van der Waals surface area (Å²) in [6.07, 6.45) is -2.32. The molecular formula is C51H54N8O13S. The smallest absolute Gasteiger partial charge is 0.418 e. The van der Waals surface area contributed by atoms with Gasteiger partial charge < -0.3 is 28.6 Å². The fourth-order valence-corrected chi connectivity index (χ4v) is 7.99. The summed E-state index contributed by atoms with van der Waals surface area (Å²) in [6.45, 7) is 5.16. The maximum Gasteiger partial charge on any atom is 0.418 e. The molecule has 3 fully saturated rings. The standard InChI is InChI=1S/C32H35N5O6.C19H19N3O7S/c33-30(34-31(39)42-27-9-5-2-6-10-27)25-11-13-26(14-12-25)37-22-28(43-32(37)40)21-36-19-17-35(18-20-36)16-15-29(38)41-23-24-7-3-1-4-8-24;1-30(25,26)27-12-16-11-22(19(24)29-16)14-9-7-13(8-10-14)17(20)21-18(23)28-15-5-3-2-4-6-15/h1-14,28H,15-23H2,(H2,33,34,39);2-10,16H,11-12H2,1H3,(H2,20,21,23). The number of para-hydroxylation sites is 2. The van der Waals surface area contributed by atoms with Gasteiger partial charge in [-0.3, -0.25) is 45.1 Å². The van der Waals surface area contributed by atoms with Crippen LogP contribution in [0.1, 0.15) is 23.1 Å². The second-order valence-electron chi connectivity index (χ2n) is 16.8.